The Morgan fingerprint density at radius 2 is 2.14 bits per heavy atom. The fraction of sp³-hybridized carbons (Fsp3) is 0.529. The molecule has 1 aliphatic carbocycles. The van der Waals surface area contributed by atoms with Crippen LogP contribution in [0.4, 0.5) is 0 Å². The average Bonchev–Trinajstić information content (AvgIpc) is 3.02. The highest BCUT2D eigenvalue weighted by molar-refractivity contribution is 7.12. The summed E-state index contributed by atoms with van der Waals surface area (Å²) < 4.78 is 0. The Morgan fingerprint density at radius 3 is 2.86 bits per heavy atom. The molecule has 114 valence electrons. The van der Waals surface area contributed by atoms with Crippen LogP contribution in [0.5, 0.6) is 0 Å². The van der Waals surface area contributed by atoms with Crippen molar-refractivity contribution in [2.45, 2.75) is 51.4 Å². The largest absolute Gasteiger partial charge is 0.356 e. The van der Waals surface area contributed by atoms with Crippen LogP contribution in [0.2, 0.25) is 0 Å². The minimum absolute atomic E-state index is 0.0605. The van der Waals surface area contributed by atoms with E-state index in [-0.39, 0.29) is 11.7 Å². The van der Waals surface area contributed by atoms with Crippen LogP contribution in [0.15, 0.2) is 29.2 Å². The third-order valence-corrected chi connectivity index (χ3v) is 4.67. The van der Waals surface area contributed by atoms with Gasteiger partial charge in [-0.15, -0.1) is 11.3 Å². The smallest absolute Gasteiger partial charge is 0.220 e. The molecule has 0 aliphatic heterocycles. The highest BCUT2D eigenvalue weighted by Crippen LogP contribution is 2.19. The molecule has 3 nitrogen and oxygen atoms in total. The van der Waals surface area contributed by atoms with E-state index in [1.807, 2.05) is 17.5 Å². The van der Waals surface area contributed by atoms with Crippen molar-refractivity contribution >= 4 is 23.0 Å². The van der Waals surface area contributed by atoms with E-state index in [1.54, 1.807) is 0 Å². The summed E-state index contributed by atoms with van der Waals surface area (Å²) in [6.45, 7) is 0.726. The Hall–Kier alpha value is -1.42. The average molecular weight is 305 g/mol. The molecule has 1 heterocycles. The maximum atomic E-state index is 11.8. The molecular formula is C17H23NO2S. The molecule has 1 aromatic heterocycles. The van der Waals surface area contributed by atoms with Crippen LogP contribution in [-0.2, 0) is 4.79 Å². The Balaban J connectivity index is 1.55. The first kappa shape index (κ1) is 16.0. The van der Waals surface area contributed by atoms with Crippen molar-refractivity contribution in [2.24, 2.45) is 0 Å². The molecule has 0 fully saturated rings. The van der Waals surface area contributed by atoms with Gasteiger partial charge in [0.2, 0.25) is 5.91 Å². The normalized spacial score (nSPS) is 14.6. The van der Waals surface area contributed by atoms with E-state index in [4.69, 9.17) is 0 Å². The summed E-state index contributed by atoms with van der Waals surface area (Å²) in [5.74, 6) is 0.204. The van der Waals surface area contributed by atoms with Crippen LogP contribution in [0.3, 0.4) is 0 Å². The zero-order valence-electron chi connectivity index (χ0n) is 12.4. The van der Waals surface area contributed by atoms with Crippen LogP contribution >= 0.6 is 11.3 Å². The molecule has 0 saturated heterocycles. The van der Waals surface area contributed by atoms with Gasteiger partial charge in [0.25, 0.3) is 0 Å². The fourth-order valence-electron chi connectivity index (χ4n) is 2.55. The molecule has 0 radical (unpaired) electrons. The first-order chi connectivity index (χ1) is 10.3. The minimum atomic E-state index is 0.0605. The quantitative estimate of drug-likeness (QED) is 0.580. The van der Waals surface area contributed by atoms with Crippen LogP contribution in [-0.4, -0.2) is 18.2 Å². The number of amides is 1. The summed E-state index contributed by atoms with van der Waals surface area (Å²) in [6, 6.07) is 3.72. The second-order valence-corrected chi connectivity index (χ2v) is 6.41. The number of carbonyl (C=O) groups excluding carboxylic acids is 2. The summed E-state index contributed by atoms with van der Waals surface area (Å²) in [6.07, 6.45) is 9.77. The van der Waals surface area contributed by atoms with Gasteiger partial charge in [0.15, 0.2) is 5.78 Å². The topological polar surface area (TPSA) is 46.2 Å². The van der Waals surface area contributed by atoms with Crippen molar-refractivity contribution in [3.05, 3.63) is 34.0 Å². The van der Waals surface area contributed by atoms with Gasteiger partial charge < -0.3 is 5.32 Å². The summed E-state index contributed by atoms with van der Waals surface area (Å²) in [5.41, 5.74) is 1.48. The van der Waals surface area contributed by atoms with Gasteiger partial charge in [0.05, 0.1) is 4.88 Å². The highest BCUT2D eigenvalue weighted by Gasteiger charge is 2.09. The molecule has 0 spiro atoms. The molecule has 2 rings (SSSR count). The van der Waals surface area contributed by atoms with Gasteiger partial charge in [-0.05, 0) is 50.0 Å². The lowest BCUT2D eigenvalue weighted by molar-refractivity contribution is -0.121. The molecule has 4 heteroatoms. The number of hydrogen-bond acceptors (Lipinski definition) is 3. The number of carbonyl (C=O) groups is 2. The number of Topliss-reactive ketones (excluding diaryl/α,β-unsaturated/α-hetero) is 1. The Morgan fingerprint density at radius 1 is 1.24 bits per heavy atom. The summed E-state index contributed by atoms with van der Waals surface area (Å²) in [7, 11) is 0. The molecule has 1 aromatic rings. The van der Waals surface area contributed by atoms with Gasteiger partial charge in [-0.3, -0.25) is 9.59 Å². The number of allylic oxidation sites excluding steroid dienone is 1. The predicted octanol–water partition coefficient (Wildman–Crippen LogP) is 4.11. The summed E-state index contributed by atoms with van der Waals surface area (Å²) in [4.78, 5) is 24.3. The Labute approximate surface area is 130 Å². The molecule has 0 unspecified atom stereocenters. The Bertz CT molecular complexity index is 491. The molecule has 1 amide bonds. The predicted molar refractivity (Wildman–Crippen MR) is 86.7 cm³/mol. The lowest BCUT2D eigenvalue weighted by atomic mass is 9.97. The zero-order valence-corrected chi connectivity index (χ0v) is 13.2. The van der Waals surface area contributed by atoms with Crippen molar-refractivity contribution in [1.29, 1.82) is 0 Å². The van der Waals surface area contributed by atoms with Gasteiger partial charge in [0.1, 0.15) is 0 Å². The number of hydrogen-bond donors (Lipinski definition) is 1. The number of ketones is 1. The molecular weight excluding hydrogens is 282 g/mol. The van der Waals surface area contributed by atoms with Crippen molar-refractivity contribution in [3.63, 3.8) is 0 Å². The van der Waals surface area contributed by atoms with E-state index in [9.17, 15) is 9.59 Å². The van der Waals surface area contributed by atoms with Crippen molar-refractivity contribution in [1.82, 2.24) is 5.32 Å². The molecule has 0 bridgehead atoms. The third kappa shape index (κ3) is 5.84. The highest BCUT2D eigenvalue weighted by atomic mass is 32.1. The monoisotopic (exact) mass is 305 g/mol. The maximum absolute atomic E-state index is 11.8. The first-order valence-electron chi connectivity index (χ1n) is 7.77. The second-order valence-electron chi connectivity index (χ2n) is 5.46. The first-order valence-corrected chi connectivity index (χ1v) is 8.65. The minimum Gasteiger partial charge on any atom is -0.356 e. The van der Waals surface area contributed by atoms with Crippen LogP contribution < -0.4 is 5.32 Å². The second kappa shape index (κ2) is 8.78. The molecule has 0 atom stereocenters. The van der Waals surface area contributed by atoms with Gasteiger partial charge in [0, 0.05) is 19.4 Å². The van der Waals surface area contributed by atoms with Crippen LogP contribution in [0, 0.1) is 0 Å². The van der Waals surface area contributed by atoms with E-state index in [0.717, 1.165) is 17.8 Å². The van der Waals surface area contributed by atoms with Crippen molar-refractivity contribution < 1.29 is 9.59 Å². The molecule has 21 heavy (non-hydrogen) atoms. The van der Waals surface area contributed by atoms with E-state index in [0.29, 0.717) is 19.3 Å². The third-order valence-electron chi connectivity index (χ3n) is 3.76. The SMILES string of the molecule is O=C(CCCC(=O)c1cccs1)NCCC1=CCCCC1. The van der Waals surface area contributed by atoms with Gasteiger partial charge in [-0.1, -0.05) is 17.7 Å². The lowest BCUT2D eigenvalue weighted by Gasteiger charge is -2.12. The lowest BCUT2D eigenvalue weighted by Crippen LogP contribution is -2.24. The maximum Gasteiger partial charge on any atom is 0.220 e. The van der Waals surface area contributed by atoms with Crippen LogP contribution in [0.1, 0.15) is 61.0 Å². The van der Waals surface area contributed by atoms with E-state index in [2.05, 4.69) is 11.4 Å². The van der Waals surface area contributed by atoms with Gasteiger partial charge in [-0.2, -0.15) is 0 Å². The van der Waals surface area contributed by atoms with E-state index in [1.165, 1.54) is 42.6 Å². The standard InChI is InChI=1S/C17H23NO2S/c19-15(16-9-5-13-21-16)8-4-10-17(20)18-12-11-14-6-2-1-3-7-14/h5-6,9,13H,1-4,7-8,10-12H2,(H,18,20). The zero-order chi connectivity index (χ0) is 14.9. The van der Waals surface area contributed by atoms with E-state index >= 15 is 0 Å². The van der Waals surface area contributed by atoms with Crippen molar-refractivity contribution in [3.8, 4) is 0 Å². The molecule has 0 aromatic carbocycles. The molecule has 1 aliphatic rings. The van der Waals surface area contributed by atoms with Gasteiger partial charge in [-0.25, -0.2) is 0 Å². The number of nitrogens with one attached hydrogen (secondary N) is 1. The summed E-state index contributed by atoms with van der Waals surface area (Å²) in [5, 5.41) is 4.85. The number of thiophene rings is 1. The fourth-order valence-corrected chi connectivity index (χ4v) is 3.25. The summed E-state index contributed by atoms with van der Waals surface area (Å²) >= 11 is 1.46. The molecule has 1 N–H and O–H groups in total. The Kier molecular flexibility index (Phi) is 6.67. The van der Waals surface area contributed by atoms with Gasteiger partial charge >= 0.3 is 0 Å². The van der Waals surface area contributed by atoms with E-state index < -0.39 is 0 Å². The van der Waals surface area contributed by atoms with Crippen molar-refractivity contribution in [2.75, 3.05) is 6.54 Å². The molecule has 0 saturated carbocycles. The number of rotatable bonds is 8. The van der Waals surface area contributed by atoms with Crippen LogP contribution in [0.25, 0.3) is 0 Å².